The number of para-hydroxylation sites is 1. The molecule has 0 radical (unpaired) electrons. The number of carbonyl (C=O) groups is 1. The average Bonchev–Trinajstić information content (AvgIpc) is 3.06. The van der Waals surface area contributed by atoms with Gasteiger partial charge in [0.2, 0.25) is 0 Å². The topological polar surface area (TPSA) is 55.0 Å². The van der Waals surface area contributed by atoms with E-state index in [4.69, 9.17) is 4.74 Å². The van der Waals surface area contributed by atoms with Crippen molar-refractivity contribution in [2.24, 2.45) is 0 Å². The average molecular weight is 292 g/mol. The first-order chi connectivity index (χ1) is 10.8. The van der Waals surface area contributed by atoms with E-state index in [0.717, 1.165) is 22.7 Å². The van der Waals surface area contributed by atoms with Gasteiger partial charge in [-0.2, -0.15) is 0 Å². The minimum Gasteiger partial charge on any atom is -0.485 e. The molecule has 1 heterocycles. The van der Waals surface area contributed by atoms with Crippen LogP contribution in [-0.4, -0.2) is 15.8 Å². The summed E-state index contributed by atoms with van der Waals surface area (Å²) in [7, 11) is 0. The van der Waals surface area contributed by atoms with E-state index in [9.17, 15) is 4.79 Å². The molecule has 22 heavy (non-hydrogen) atoms. The summed E-state index contributed by atoms with van der Waals surface area (Å²) >= 11 is 0. The van der Waals surface area contributed by atoms with E-state index in [2.05, 4.69) is 9.97 Å². The number of Topliss-reactive ketones (excluding diaryl/α,β-unsaturated/α-hetero) is 1. The minimum absolute atomic E-state index is 0.0384. The van der Waals surface area contributed by atoms with Gasteiger partial charge in [0.15, 0.2) is 5.78 Å². The number of rotatable bonds is 5. The summed E-state index contributed by atoms with van der Waals surface area (Å²) in [6.45, 7) is 1.93. The van der Waals surface area contributed by atoms with Crippen LogP contribution in [0.25, 0.3) is 11.1 Å². The summed E-state index contributed by atoms with van der Waals surface area (Å²) in [6, 6.07) is 15.3. The molecule has 0 atom stereocenters. The third kappa shape index (κ3) is 2.91. The molecule has 0 bridgehead atoms. The molecule has 0 aliphatic heterocycles. The zero-order valence-electron chi connectivity index (χ0n) is 12.2. The van der Waals surface area contributed by atoms with Gasteiger partial charge >= 0.3 is 0 Å². The predicted molar refractivity (Wildman–Crippen MR) is 84.8 cm³/mol. The molecular formula is C18H16N2O2. The highest BCUT2D eigenvalue weighted by atomic mass is 16.5. The maximum absolute atomic E-state index is 11.8. The number of nitrogens with one attached hydrogen (secondary N) is 1. The van der Waals surface area contributed by atoms with Gasteiger partial charge in [0.1, 0.15) is 18.2 Å². The molecule has 0 fully saturated rings. The van der Waals surface area contributed by atoms with E-state index in [0.29, 0.717) is 12.2 Å². The molecule has 4 heteroatoms. The number of imidazole rings is 1. The van der Waals surface area contributed by atoms with Crippen LogP contribution in [0.3, 0.4) is 0 Å². The zero-order chi connectivity index (χ0) is 15.4. The lowest BCUT2D eigenvalue weighted by atomic mass is 9.97. The van der Waals surface area contributed by atoms with Crippen LogP contribution in [0.4, 0.5) is 0 Å². The number of hydrogen-bond acceptors (Lipinski definition) is 3. The molecule has 0 aliphatic carbocycles. The second-order valence-electron chi connectivity index (χ2n) is 4.92. The highest BCUT2D eigenvalue weighted by Crippen LogP contribution is 2.32. The Morgan fingerprint density at radius 1 is 1.09 bits per heavy atom. The van der Waals surface area contributed by atoms with Crippen molar-refractivity contribution in [3.05, 3.63) is 72.3 Å². The number of aromatic nitrogens is 2. The summed E-state index contributed by atoms with van der Waals surface area (Å²) < 4.78 is 5.87. The van der Waals surface area contributed by atoms with E-state index < -0.39 is 0 Å². The standard InChI is InChI=1S/C18H16N2O2/c1-13(21)14-6-2-3-7-15(14)16-8-4-5-9-17(16)22-12-18-19-10-11-20-18/h2-11H,12H2,1H3,(H,19,20). The fourth-order valence-electron chi connectivity index (χ4n) is 2.36. The Balaban J connectivity index is 1.96. The van der Waals surface area contributed by atoms with Crippen molar-refractivity contribution in [2.45, 2.75) is 13.5 Å². The molecule has 0 unspecified atom stereocenters. The Morgan fingerprint density at radius 2 is 1.82 bits per heavy atom. The Labute approximate surface area is 128 Å². The third-order valence-corrected chi connectivity index (χ3v) is 3.40. The number of aromatic amines is 1. The van der Waals surface area contributed by atoms with Crippen LogP contribution in [-0.2, 0) is 6.61 Å². The maximum atomic E-state index is 11.8. The molecule has 3 rings (SSSR count). The maximum Gasteiger partial charge on any atom is 0.160 e. The van der Waals surface area contributed by atoms with Gasteiger partial charge in [0, 0.05) is 23.5 Å². The number of ether oxygens (including phenoxy) is 1. The Kier molecular flexibility index (Phi) is 4.01. The van der Waals surface area contributed by atoms with Crippen LogP contribution in [0.1, 0.15) is 23.1 Å². The highest BCUT2D eigenvalue weighted by molar-refractivity contribution is 6.01. The lowest BCUT2D eigenvalue weighted by Crippen LogP contribution is -2.01. The van der Waals surface area contributed by atoms with E-state index in [1.807, 2.05) is 48.5 Å². The molecular weight excluding hydrogens is 276 g/mol. The van der Waals surface area contributed by atoms with Crippen molar-refractivity contribution < 1.29 is 9.53 Å². The lowest BCUT2D eigenvalue weighted by Gasteiger charge is -2.13. The van der Waals surface area contributed by atoms with Gasteiger partial charge in [-0.05, 0) is 18.6 Å². The molecule has 0 saturated heterocycles. The van der Waals surface area contributed by atoms with Crippen LogP contribution in [0, 0.1) is 0 Å². The van der Waals surface area contributed by atoms with Crippen molar-refractivity contribution in [2.75, 3.05) is 0 Å². The van der Waals surface area contributed by atoms with Crippen molar-refractivity contribution >= 4 is 5.78 Å². The smallest absolute Gasteiger partial charge is 0.160 e. The van der Waals surface area contributed by atoms with Gasteiger partial charge < -0.3 is 9.72 Å². The van der Waals surface area contributed by atoms with Crippen LogP contribution in [0.15, 0.2) is 60.9 Å². The molecule has 110 valence electrons. The van der Waals surface area contributed by atoms with Crippen LogP contribution < -0.4 is 4.74 Å². The molecule has 1 aromatic heterocycles. The number of benzene rings is 2. The van der Waals surface area contributed by atoms with E-state index in [1.165, 1.54) is 0 Å². The largest absolute Gasteiger partial charge is 0.485 e. The Morgan fingerprint density at radius 3 is 2.55 bits per heavy atom. The first-order valence-corrected chi connectivity index (χ1v) is 7.06. The molecule has 0 aliphatic rings. The van der Waals surface area contributed by atoms with Gasteiger partial charge in [-0.25, -0.2) is 4.98 Å². The van der Waals surface area contributed by atoms with Crippen molar-refractivity contribution in [1.29, 1.82) is 0 Å². The first kappa shape index (κ1) is 14.1. The van der Waals surface area contributed by atoms with Gasteiger partial charge in [0.05, 0.1) is 0 Å². The molecule has 3 aromatic rings. The van der Waals surface area contributed by atoms with E-state index in [1.54, 1.807) is 19.3 Å². The van der Waals surface area contributed by atoms with E-state index >= 15 is 0 Å². The SMILES string of the molecule is CC(=O)c1ccccc1-c1ccccc1OCc1ncc[nH]1. The normalized spacial score (nSPS) is 10.4. The molecule has 0 spiro atoms. The van der Waals surface area contributed by atoms with Crippen LogP contribution >= 0.6 is 0 Å². The second-order valence-corrected chi connectivity index (χ2v) is 4.92. The van der Waals surface area contributed by atoms with Crippen molar-refractivity contribution in [1.82, 2.24) is 9.97 Å². The summed E-state index contributed by atoms with van der Waals surface area (Å²) in [5, 5.41) is 0. The fourth-order valence-corrected chi connectivity index (χ4v) is 2.36. The third-order valence-electron chi connectivity index (χ3n) is 3.40. The second kappa shape index (κ2) is 6.26. The summed E-state index contributed by atoms with van der Waals surface area (Å²) in [6.07, 6.45) is 3.45. The molecule has 0 saturated carbocycles. The van der Waals surface area contributed by atoms with Gasteiger partial charge in [-0.3, -0.25) is 4.79 Å². The molecule has 2 aromatic carbocycles. The number of carbonyl (C=O) groups excluding carboxylic acids is 1. The van der Waals surface area contributed by atoms with Crippen LogP contribution in [0.5, 0.6) is 5.75 Å². The quantitative estimate of drug-likeness (QED) is 0.726. The van der Waals surface area contributed by atoms with Crippen molar-refractivity contribution in [3.8, 4) is 16.9 Å². The van der Waals surface area contributed by atoms with Gasteiger partial charge in [-0.15, -0.1) is 0 Å². The highest BCUT2D eigenvalue weighted by Gasteiger charge is 2.12. The minimum atomic E-state index is 0.0384. The van der Waals surface area contributed by atoms with E-state index in [-0.39, 0.29) is 5.78 Å². The first-order valence-electron chi connectivity index (χ1n) is 7.06. The summed E-state index contributed by atoms with van der Waals surface area (Å²) in [5.74, 6) is 1.53. The number of hydrogen-bond donors (Lipinski definition) is 1. The lowest BCUT2D eigenvalue weighted by molar-refractivity contribution is 0.101. The summed E-state index contributed by atoms with van der Waals surface area (Å²) in [5.41, 5.74) is 2.47. The predicted octanol–water partition coefficient (Wildman–Crippen LogP) is 3.86. The molecule has 0 amide bonds. The van der Waals surface area contributed by atoms with Gasteiger partial charge in [0.25, 0.3) is 0 Å². The summed E-state index contributed by atoms with van der Waals surface area (Å²) in [4.78, 5) is 19.0. The number of H-pyrrole nitrogens is 1. The fraction of sp³-hybridized carbons (Fsp3) is 0.111. The zero-order valence-corrected chi connectivity index (χ0v) is 12.2. The van der Waals surface area contributed by atoms with Crippen LogP contribution in [0.2, 0.25) is 0 Å². The Hall–Kier alpha value is -2.88. The number of ketones is 1. The monoisotopic (exact) mass is 292 g/mol. The molecule has 4 nitrogen and oxygen atoms in total. The molecule has 1 N–H and O–H groups in total. The van der Waals surface area contributed by atoms with Gasteiger partial charge in [-0.1, -0.05) is 42.5 Å². The Bertz CT molecular complexity index is 779. The van der Waals surface area contributed by atoms with Crippen molar-refractivity contribution in [3.63, 3.8) is 0 Å². The number of nitrogens with zero attached hydrogens (tertiary/aromatic N) is 1.